The minimum absolute atomic E-state index is 0.0767. The molecule has 0 fully saturated rings. The minimum atomic E-state index is -0.659. The van der Waals surface area contributed by atoms with Gasteiger partial charge in [-0.2, -0.15) is 0 Å². The van der Waals surface area contributed by atoms with Crippen LogP contribution < -0.4 is 0 Å². The molecule has 0 N–H and O–H groups in total. The predicted octanol–water partition coefficient (Wildman–Crippen LogP) is 4.66. The summed E-state index contributed by atoms with van der Waals surface area (Å²) in [7, 11) is 0. The molecule has 0 unspecified atom stereocenters. The lowest BCUT2D eigenvalue weighted by Crippen LogP contribution is -2.18. The van der Waals surface area contributed by atoms with Gasteiger partial charge in [-0.15, -0.1) is 10.2 Å². The fourth-order valence-electron chi connectivity index (χ4n) is 1.65. The van der Waals surface area contributed by atoms with Gasteiger partial charge in [0.15, 0.2) is 5.82 Å². The third-order valence-electron chi connectivity index (χ3n) is 2.52. The first-order chi connectivity index (χ1) is 8.71. The van der Waals surface area contributed by atoms with Gasteiger partial charge in [0.2, 0.25) is 5.28 Å². The van der Waals surface area contributed by atoms with E-state index >= 15 is 0 Å². The Labute approximate surface area is 125 Å². The Hall–Kier alpha value is -0.840. The van der Waals surface area contributed by atoms with E-state index in [-0.39, 0.29) is 20.7 Å². The van der Waals surface area contributed by atoms with Crippen LogP contribution in [-0.2, 0) is 5.41 Å². The summed E-state index contributed by atoms with van der Waals surface area (Å²) >= 11 is 17.6. The third kappa shape index (κ3) is 2.71. The first kappa shape index (κ1) is 14.6. The average Bonchev–Trinajstić information content (AvgIpc) is 2.67. The summed E-state index contributed by atoms with van der Waals surface area (Å²) in [5.41, 5.74) is 0.240. The van der Waals surface area contributed by atoms with Crippen molar-refractivity contribution in [2.24, 2.45) is 0 Å². The van der Waals surface area contributed by atoms with Gasteiger partial charge in [-0.05, 0) is 23.7 Å². The molecule has 0 bridgehead atoms. The second-order valence-electron chi connectivity index (χ2n) is 5.10. The van der Waals surface area contributed by atoms with E-state index in [9.17, 15) is 4.39 Å². The Morgan fingerprint density at radius 1 is 1.05 bits per heavy atom. The molecule has 7 heteroatoms. The first-order valence-electron chi connectivity index (χ1n) is 5.48. The molecule has 3 nitrogen and oxygen atoms in total. The Kier molecular flexibility index (Phi) is 3.78. The van der Waals surface area contributed by atoms with Gasteiger partial charge in [0.25, 0.3) is 0 Å². The minimum Gasteiger partial charge on any atom is -0.269 e. The quantitative estimate of drug-likeness (QED) is 0.715. The number of hydrogen-bond acceptors (Lipinski definition) is 2. The molecule has 0 amide bonds. The molecule has 0 aliphatic heterocycles. The maximum atomic E-state index is 13.5. The van der Waals surface area contributed by atoms with Crippen LogP contribution in [0.3, 0.4) is 0 Å². The van der Waals surface area contributed by atoms with Gasteiger partial charge in [-0.1, -0.05) is 44.0 Å². The van der Waals surface area contributed by atoms with Gasteiger partial charge in [0.05, 0.1) is 15.7 Å². The molecule has 0 saturated heterocycles. The lowest BCUT2D eigenvalue weighted by molar-refractivity contribution is 0.533. The molecule has 0 aliphatic carbocycles. The summed E-state index contributed by atoms with van der Waals surface area (Å²) in [6.07, 6.45) is 0. The number of benzene rings is 1. The Morgan fingerprint density at radius 3 is 2.05 bits per heavy atom. The SMILES string of the molecule is CC(C)(C)c1nnc(Cl)n1-c1cc(Cl)c(F)c(Cl)c1. The molecule has 2 aromatic rings. The molecule has 0 radical (unpaired) electrons. The average molecular weight is 323 g/mol. The van der Waals surface area contributed by atoms with Crippen molar-refractivity contribution in [3.8, 4) is 5.69 Å². The van der Waals surface area contributed by atoms with Crippen LogP contribution in [0, 0.1) is 5.82 Å². The summed E-state index contributed by atoms with van der Waals surface area (Å²) in [5.74, 6) is -0.0233. The van der Waals surface area contributed by atoms with Gasteiger partial charge < -0.3 is 0 Å². The van der Waals surface area contributed by atoms with Crippen LogP contribution in [0.5, 0.6) is 0 Å². The van der Waals surface area contributed by atoms with Crippen molar-refractivity contribution >= 4 is 34.8 Å². The molecule has 102 valence electrons. The maximum Gasteiger partial charge on any atom is 0.229 e. The van der Waals surface area contributed by atoms with Crippen molar-refractivity contribution in [1.29, 1.82) is 0 Å². The van der Waals surface area contributed by atoms with E-state index < -0.39 is 5.82 Å². The number of rotatable bonds is 1. The van der Waals surface area contributed by atoms with Gasteiger partial charge >= 0.3 is 0 Å². The number of halogens is 4. The van der Waals surface area contributed by atoms with Crippen molar-refractivity contribution in [2.75, 3.05) is 0 Å². The molecule has 1 heterocycles. The van der Waals surface area contributed by atoms with Crippen LogP contribution in [0.1, 0.15) is 26.6 Å². The fourth-order valence-corrected chi connectivity index (χ4v) is 2.34. The van der Waals surface area contributed by atoms with Crippen LogP contribution in [0.15, 0.2) is 12.1 Å². The summed E-state index contributed by atoms with van der Waals surface area (Å²) < 4.78 is 15.0. The second-order valence-corrected chi connectivity index (χ2v) is 6.25. The highest BCUT2D eigenvalue weighted by Crippen LogP contribution is 2.31. The Balaban J connectivity index is 2.69. The van der Waals surface area contributed by atoms with E-state index in [1.54, 1.807) is 4.57 Å². The highest BCUT2D eigenvalue weighted by molar-refractivity contribution is 6.35. The largest absolute Gasteiger partial charge is 0.269 e. The highest BCUT2D eigenvalue weighted by Gasteiger charge is 2.25. The van der Waals surface area contributed by atoms with Crippen molar-refractivity contribution < 1.29 is 4.39 Å². The highest BCUT2D eigenvalue weighted by atomic mass is 35.5. The molecule has 19 heavy (non-hydrogen) atoms. The molecular weight excluding hydrogens is 312 g/mol. The molecule has 0 saturated carbocycles. The van der Waals surface area contributed by atoms with E-state index in [0.717, 1.165) is 0 Å². The standard InChI is InChI=1S/C12H11Cl3FN3/c1-12(2,3)10-17-18-11(15)19(10)6-4-7(13)9(16)8(14)5-6/h4-5H,1-3H3. The van der Waals surface area contributed by atoms with Crippen LogP contribution >= 0.6 is 34.8 Å². The second kappa shape index (κ2) is 4.93. The van der Waals surface area contributed by atoms with Crippen molar-refractivity contribution in [2.45, 2.75) is 26.2 Å². The molecule has 1 aromatic heterocycles. The Morgan fingerprint density at radius 2 is 1.58 bits per heavy atom. The fraction of sp³-hybridized carbons (Fsp3) is 0.333. The monoisotopic (exact) mass is 321 g/mol. The normalized spacial score (nSPS) is 11.9. The molecule has 0 aliphatic rings. The van der Waals surface area contributed by atoms with Crippen molar-refractivity contribution in [3.05, 3.63) is 39.1 Å². The third-order valence-corrected chi connectivity index (χ3v) is 3.32. The topological polar surface area (TPSA) is 30.7 Å². The van der Waals surface area contributed by atoms with Gasteiger partial charge in [0, 0.05) is 5.41 Å². The van der Waals surface area contributed by atoms with Crippen molar-refractivity contribution in [3.63, 3.8) is 0 Å². The van der Waals surface area contributed by atoms with Crippen LogP contribution in [-0.4, -0.2) is 14.8 Å². The zero-order valence-electron chi connectivity index (χ0n) is 10.5. The smallest absolute Gasteiger partial charge is 0.229 e. The zero-order chi connectivity index (χ0) is 14.4. The number of hydrogen-bond donors (Lipinski definition) is 0. The predicted molar refractivity (Wildman–Crippen MR) is 75.0 cm³/mol. The van der Waals surface area contributed by atoms with E-state index in [2.05, 4.69) is 10.2 Å². The van der Waals surface area contributed by atoms with Crippen LogP contribution in [0.25, 0.3) is 5.69 Å². The van der Waals surface area contributed by atoms with E-state index in [0.29, 0.717) is 11.5 Å². The zero-order valence-corrected chi connectivity index (χ0v) is 12.8. The first-order valence-corrected chi connectivity index (χ1v) is 6.61. The van der Waals surface area contributed by atoms with E-state index in [4.69, 9.17) is 34.8 Å². The molecule has 0 atom stereocenters. The van der Waals surface area contributed by atoms with Crippen molar-refractivity contribution in [1.82, 2.24) is 14.8 Å². The van der Waals surface area contributed by atoms with Gasteiger partial charge in [-0.25, -0.2) is 4.39 Å². The molecule has 2 rings (SSSR count). The molecule has 1 aromatic carbocycles. The summed E-state index contributed by atoms with van der Waals surface area (Å²) in [6, 6.07) is 2.88. The lowest BCUT2D eigenvalue weighted by Gasteiger charge is -2.19. The van der Waals surface area contributed by atoms with Gasteiger partial charge in [0.1, 0.15) is 5.82 Å². The van der Waals surface area contributed by atoms with E-state index in [1.807, 2.05) is 20.8 Å². The molecule has 0 spiro atoms. The summed E-state index contributed by atoms with van der Waals surface area (Å²) in [4.78, 5) is 0. The summed E-state index contributed by atoms with van der Waals surface area (Å²) in [5, 5.41) is 7.90. The van der Waals surface area contributed by atoms with Crippen LogP contribution in [0.2, 0.25) is 15.3 Å². The maximum absolute atomic E-state index is 13.5. The van der Waals surface area contributed by atoms with E-state index in [1.165, 1.54) is 12.1 Å². The van der Waals surface area contributed by atoms with Crippen LogP contribution in [0.4, 0.5) is 4.39 Å². The molecular formula is C12H11Cl3FN3. The Bertz CT molecular complexity index is 609. The summed E-state index contributed by atoms with van der Waals surface area (Å²) in [6.45, 7) is 5.91. The number of nitrogens with zero attached hydrogens (tertiary/aromatic N) is 3. The lowest BCUT2D eigenvalue weighted by atomic mass is 9.95. The van der Waals surface area contributed by atoms with Gasteiger partial charge in [-0.3, -0.25) is 4.57 Å². The number of aromatic nitrogens is 3.